The van der Waals surface area contributed by atoms with Crippen LogP contribution in [0.4, 0.5) is 5.69 Å². The van der Waals surface area contributed by atoms with Crippen molar-refractivity contribution in [1.29, 1.82) is 0 Å². The van der Waals surface area contributed by atoms with Crippen LogP contribution in [0.25, 0.3) is 0 Å². The number of halogens is 1. The predicted molar refractivity (Wildman–Crippen MR) is 81.2 cm³/mol. The molecule has 0 saturated heterocycles. The van der Waals surface area contributed by atoms with Crippen LogP contribution in [0.5, 0.6) is 0 Å². The second kappa shape index (κ2) is 8.17. The number of hydrogen-bond donors (Lipinski definition) is 2. The summed E-state index contributed by atoms with van der Waals surface area (Å²) in [5.74, 6) is 0.434. The molecule has 3 N–H and O–H groups in total. The molecule has 0 heterocycles. The van der Waals surface area contributed by atoms with Crippen LogP contribution in [0.2, 0.25) is 0 Å². The third kappa shape index (κ3) is 6.07. The number of amides is 1. The molecule has 0 aromatic heterocycles. The average Bonchev–Trinajstić information content (AvgIpc) is 2.36. The first-order valence-corrected chi connectivity index (χ1v) is 7.21. The van der Waals surface area contributed by atoms with Crippen molar-refractivity contribution in [1.82, 2.24) is 5.32 Å². The highest BCUT2D eigenvalue weighted by Gasteiger charge is 2.06. The van der Waals surface area contributed by atoms with Crippen LogP contribution in [0.1, 0.15) is 30.6 Å². The van der Waals surface area contributed by atoms with Crippen molar-refractivity contribution in [2.24, 2.45) is 5.92 Å². The van der Waals surface area contributed by atoms with Crippen molar-refractivity contribution < 1.29 is 9.53 Å². The van der Waals surface area contributed by atoms with E-state index < -0.39 is 0 Å². The number of rotatable bonds is 7. The number of nitrogens with one attached hydrogen (secondary N) is 1. The average molecular weight is 329 g/mol. The van der Waals surface area contributed by atoms with Gasteiger partial charge < -0.3 is 15.8 Å². The lowest BCUT2D eigenvalue weighted by Crippen LogP contribution is -2.25. The largest absolute Gasteiger partial charge is 0.398 e. The first-order valence-electron chi connectivity index (χ1n) is 6.41. The molecule has 19 heavy (non-hydrogen) atoms. The minimum atomic E-state index is -0.108. The summed E-state index contributed by atoms with van der Waals surface area (Å²) in [6, 6.07) is 5.18. The lowest BCUT2D eigenvalue weighted by Gasteiger charge is -2.08. The quantitative estimate of drug-likeness (QED) is 0.597. The standard InChI is InChI=1S/C14H21BrN2O2/c1-10(2)9-19-7-3-6-17-14(18)11-4-5-12(15)13(16)8-11/h4-5,8,10H,3,6-7,9,16H2,1-2H3,(H,17,18). The molecule has 0 bridgehead atoms. The van der Waals surface area contributed by atoms with Crippen LogP contribution in [-0.2, 0) is 4.74 Å². The zero-order valence-corrected chi connectivity index (χ0v) is 13.0. The number of benzene rings is 1. The number of nitrogens with two attached hydrogens (primary N) is 1. The van der Waals surface area contributed by atoms with Crippen molar-refractivity contribution >= 4 is 27.5 Å². The van der Waals surface area contributed by atoms with E-state index in [1.807, 2.05) is 0 Å². The Balaban J connectivity index is 2.26. The van der Waals surface area contributed by atoms with Gasteiger partial charge in [-0.05, 0) is 46.5 Å². The highest BCUT2D eigenvalue weighted by atomic mass is 79.9. The summed E-state index contributed by atoms with van der Waals surface area (Å²) in [6.07, 6.45) is 0.810. The van der Waals surface area contributed by atoms with E-state index in [4.69, 9.17) is 10.5 Å². The van der Waals surface area contributed by atoms with Gasteiger partial charge in [0.2, 0.25) is 0 Å². The van der Waals surface area contributed by atoms with Gasteiger partial charge >= 0.3 is 0 Å². The maximum atomic E-state index is 11.8. The second-order valence-corrected chi connectivity index (χ2v) is 5.67. The van der Waals surface area contributed by atoms with Gasteiger partial charge in [-0.1, -0.05) is 13.8 Å². The molecule has 0 fully saturated rings. The monoisotopic (exact) mass is 328 g/mol. The van der Waals surface area contributed by atoms with Crippen LogP contribution in [0.3, 0.4) is 0 Å². The van der Waals surface area contributed by atoms with Gasteiger partial charge in [-0.15, -0.1) is 0 Å². The van der Waals surface area contributed by atoms with E-state index >= 15 is 0 Å². The molecular weight excluding hydrogens is 308 g/mol. The molecule has 1 aromatic carbocycles. The number of ether oxygens (including phenoxy) is 1. The summed E-state index contributed by atoms with van der Waals surface area (Å²) in [7, 11) is 0. The van der Waals surface area contributed by atoms with Crippen molar-refractivity contribution in [2.75, 3.05) is 25.5 Å². The van der Waals surface area contributed by atoms with E-state index in [2.05, 4.69) is 35.1 Å². The van der Waals surface area contributed by atoms with Crippen molar-refractivity contribution in [3.63, 3.8) is 0 Å². The van der Waals surface area contributed by atoms with Crippen LogP contribution in [0.15, 0.2) is 22.7 Å². The molecule has 0 spiro atoms. The number of hydrogen-bond acceptors (Lipinski definition) is 3. The Hall–Kier alpha value is -1.07. The molecule has 4 nitrogen and oxygen atoms in total. The van der Waals surface area contributed by atoms with Gasteiger partial charge in [-0.25, -0.2) is 0 Å². The zero-order chi connectivity index (χ0) is 14.3. The first-order chi connectivity index (χ1) is 9.00. The van der Waals surface area contributed by atoms with E-state index in [0.29, 0.717) is 30.3 Å². The first kappa shape index (κ1) is 16.0. The fourth-order valence-electron chi connectivity index (χ4n) is 1.48. The van der Waals surface area contributed by atoms with Gasteiger partial charge in [0.05, 0.1) is 0 Å². The number of carbonyl (C=O) groups excluding carboxylic acids is 1. The molecule has 5 heteroatoms. The molecule has 0 unspecified atom stereocenters. The van der Waals surface area contributed by atoms with Gasteiger partial charge in [0.1, 0.15) is 0 Å². The Morgan fingerprint density at radius 1 is 1.47 bits per heavy atom. The van der Waals surface area contributed by atoms with E-state index in [-0.39, 0.29) is 5.91 Å². The summed E-state index contributed by atoms with van der Waals surface area (Å²) in [4.78, 5) is 11.8. The maximum absolute atomic E-state index is 11.8. The summed E-state index contributed by atoms with van der Waals surface area (Å²) in [6.45, 7) is 6.25. The van der Waals surface area contributed by atoms with Gasteiger partial charge in [0.25, 0.3) is 5.91 Å². The minimum Gasteiger partial charge on any atom is -0.398 e. The summed E-state index contributed by atoms with van der Waals surface area (Å²) < 4.78 is 6.24. The van der Waals surface area contributed by atoms with Gasteiger partial charge in [0.15, 0.2) is 0 Å². The summed E-state index contributed by atoms with van der Waals surface area (Å²) >= 11 is 3.30. The Morgan fingerprint density at radius 2 is 2.21 bits per heavy atom. The van der Waals surface area contributed by atoms with E-state index in [0.717, 1.165) is 17.5 Å². The van der Waals surface area contributed by atoms with Crippen LogP contribution >= 0.6 is 15.9 Å². The van der Waals surface area contributed by atoms with Crippen molar-refractivity contribution in [2.45, 2.75) is 20.3 Å². The fourth-order valence-corrected chi connectivity index (χ4v) is 1.73. The molecule has 1 amide bonds. The molecule has 0 aliphatic heterocycles. The zero-order valence-electron chi connectivity index (χ0n) is 11.4. The third-order valence-electron chi connectivity index (χ3n) is 2.46. The molecule has 1 rings (SSSR count). The Morgan fingerprint density at radius 3 is 2.84 bits per heavy atom. The Kier molecular flexibility index (Phi) is 6.87. The van der Waals surface area contributed by atoms with E-state index in [1.165, 1.54) is 0 Å². The number of anilines is 1. The molecular formula is C14H21BrN2O2. The van der Waals surface area contributed by atoms with Crippen molar-refractivity contribution in [3.8, 4) is 0 Å². The van der Waals surface area contributed by atoms with Gasteiger partial charge in [0, 0.05) is 35.5 Å². The highest BCUT2D eigenvalue weighted by Crippen LogP contribution is 2.19. The number of nitrogen functional groups attached to an aromatic ring is 1. The normalized spacial score (nSPS) is 10.7. The predicted octanol–water partition coefficient (Wildman–Crippen LogP) is 2.82. The molecule has 0 radical (unpaired) electrons. The highest BCUT2D eigenvalue weighted by molar-refractivity contribution is 9.10. The summed E-state index contributed by atoms with van der Waals surface area (Å²) in [5.41, 5.74) is 6.87. The van der Waals surface area contributed by atoms with Crippen LogP contribution in [0, 0.1) is 5.92 Å². The summed E-state index contributed by atoms with van der Waals surface area (Å²) in [5, 5.41) is 2.84. The van der Waals surface area contributed by atoms with Crippen LogP contribution < -0.4 is 11.1 Å². The molecule has 0 aliphatic rings. The molecule has 0 atom stereocenters. The third-order valence-corrected chi connectivity index (χ3v) is 3.18. The van der Waals surface area contributed by atoms with E-state index in [9.17, 15) is 4.79 Å². The van der Waals surface area contributed by atoms with Crippen LogP contribution in [-0.4, -0.2) is 25.7 Å². The molecule has 0 saturated carbocycles. The fraction of sp³-hybridized carbons (Fsp3) is 0.500. The number of carbonyl (C=O) groups is 1. The smallest absolute Gasteiger partial charge is 0.251 e. The topological polar surface area (TPSA) is 64.3 Å². The van der Waals surface area contributed by atoms with Crippen molar-refractivity contribution in [3.05, 3.63) is 28.2 Å². The van der Waals surface area contributed by atoms with E-state index in [1.54, 1.807) is 18.2 Å². The Labute approximate surface area is 122 Å². The molecule has 106 valence electrons. The lowest BCUT2D eigenvalue weighted by molar-refractivity contribution is 0.0925. The minimum absolute atomic E-state index is 0.108. The van der Waals surface area contributed by atoms with Gasteiger partial charge in [-0.2, -0.15) is 0 Å². The Bertz CT molecular complexity index is 422. The van der Waals surface area contributed by atoms with Gasteiger partial charge in [-0.3, -0.25) is 4.79 Å². The lowest BCUT2D eigenvalue weighted by atomic mass is 10.2. The SMILES string of the molecule is CC(C)COCCCNC(=O)c1ccc(Br)c(N)c1. The molecule has 1 aromatic rings. The maximum Gasteiger partial charge on any atom is 0.251 e. The second-order valence-electron chi connectivity index (χ2n) is 4.81. The molecule has 0 aliphatic carbocycles.